The highest BCUT2D eigenvalue weighted by Gasteiger charge is 2.46. The van der Waals surface area contributed by atoms with E-state index in [1.807, 2.05) is 0 Å². The summed E-state index contributed by atoms with van der Waals surface area (Å²) in [4.78, 5) is 15.9. The summed E-state index contributed by atoms with van der Waals surface area (Å²) >= 11 is 0. The van der Waals surface area contributed by atoms with Crippen LogP contribution in [-0.4, -0.2) is 94.7 Å². The molecule has 0 aliphatic carbocycles. The van der Waals surface area contributed by atoms with Gasteiger partial charge in [-0.15, -0.1) is 0 Å². The third-order valence-corrected chi connectivity index (χ3v) is 6.48. The topological polar surface area (TPSA) is 70.2 Å². The number of sulfonamides is 1. The lowest BCUT2D eigenvalue weighted by Crippen LogP contribution is -2.44. The average molecular weight is 347 g/mol. The van der Waals surface area contributed by atoms with Crippen molar-refractivity contribution in [2.24, 2.45) is 5.41 Å². The van der Waals surface area contributed by atoms with Crippen LogP contribution in [0.2, 0.25) is 0 Å². The van der Waals surface area contributed by atoms with Crippen molar-refractivity contribution in [2.45, 2.75) is 25.3 Å². The molecule has 0 aromatic heterocycles. The Labute approximate surface area is 139 Å². The van der Waals surface area contributed by atoms with Crippen molar-refractivity contribution in [3.63, 3.8) is 0 Å². The molecule has 1 amide bonds. The van der Waals surface area contributed by atoms with Crippen molar-refractivity contribution in [3.8, 4) is 0 Å². The van der Waals surface area contributed by atoms with Crippen LogP contribution in [0.25, 0.3) is 0 Å². The van der Waals surface area contributed by atoms with Gasteiger partial charge in [0.05, 0.1) is 19.4 Å². The van der Waals surface area contributed by atoms with E-state index >= 15 is 0 Å². The first-order valence-electron chi connectivity index (χ1n) is 8.05. The Bertz CT molecular complexity index is 527. The predicted octanol–water partition coefficient (Wildman–Crippen LogP) is -0.163. The number of likely N-dealkylation sites (N-methyl/N-ethyl adjacent to an activating group) is 1. The molecule has 0 bridgehead atoms. The third kappa shape index (κ3) is 4.43. The number of hydrogen-bond acceptors (Lipinski definition) is 5. The fourth-order valence-electron chi connectivity index (χ4n) is 3.76. The number of hydrogen-bond donors (Lipinski definition) is 0. The molecule has 2 saturated heterocycles. The fraction of sp³-hybridized carbons (Fsp3) is 0.933. The molecule has 0 N–H and O–H groups in total. The zero-order valence-corrected chi connectivity index (χ0v) is 15.4. The van der Waals surface area contributed by atoms with Gasteiger partial charge in [-0.2, -0.15) is 0 Å². The highest BCUT2D eigenvalue weighted by atomic mass is 32.2. The maximum absolute atomic E-state index is 12.1. The van der Waals surface area contributed by atoms with Crippen molar-refractivity contribution in [2.75, 3.05) is 60.2 Å². The van der Waals surface area contributed by atoms with Gasteiger partial charge in [0.25, 0.3) is 0 Å². The number of rotatable bonds is 5. The lowest BCUT2D eigenvalue weighted by atomic mass is 9.77. The minimum Gasteiger partial charge on any atom is -0.383 e. The fourth-order valence-corrected chi connectivity index (χ4v) is 4.61. The molecule has 8 heteroatoms. The molecule has 2 fully saturated rings. The van der Waals surface area contributed by atoms with Crippen LogP contribution in [0, 0.1) is 5.41 Å². The molecular weight excluding hydrogens is 318 g/mol. The summed E-state index contributed by atoms with van der Waals surface area (Å²) in [5.41, 5.74) is 0.108. The zero-order valence-electron chi connectivity index (χ0n) is 14.6. The summed E-state index contributed by atoms with van der Waals surface area (Å²) in [5, 5.41) is 0. The Kier molecular flexibility index (Phi) is 5.71. The van der Waals surface area contributed by atoms with Crippen molar-refractivity contribution in [3.05, 3.63) is 0 Å². The van der Waals surface area contributed by atoms with Crippen molar-refractivity contribution in [1.82, 2.24) is 14.1 Å². The quantitative estimate of drug-likeness (QED) is 0.691. The van der Waals surface area contributed by atoms with Gasteiger partial charge >= 0.3 is 0 Å². The number of amides is 1. The number of likely N-dealkylation sites (tertiary alicyclic amines) is 1. The molecule has 0 radical (unpaired) electrons. The molecule has 2 heterocycles. The van der Waals surface area contributed by atoms with E-state index in [0.717, 1.165) is 25.8 Å². The minimum atomic E-state index is -3.11. The number of piperidine rings is 1. The van der Waals surface area contributed by atoms with Crippen LogP contribution in [0.5, 0.6) is 0 Å². The van der Waals surface area contributed by atoms with Gasteiger partial charge in [0.2, 0.25) is 15.9 Å². The molecular formula is C15H29N3O4S. The van der Waals surface area contributed by atoms with Gasteiger partial charge in [-0.3, -0.25) is 9.69 Å². The van der Waals surface area contributed by atoms with Crippen LogP contribution >= 0.6 is 0 Å². The highest BCUT2D eigenvalue weighted by molar-refractivity contribution is 7.88. The normalized spacial score (nSPS) is 25.8. The molecule has 1 unspecified atom stereocenters. The van der Waals surface area contributed by atoms with E-state index in [1.165, 1.54) is 6.26 Å². The number of carbonyl (C=O) groups excluding carboxylic acids is 1. The molecule has 0 aromatic rings. The third-order valence-electron chi connectivity index (χ3n) is 5.17. The molecule has 2 rings (SSSR count). The van der Waals surface area contributed by atoms with Gasteiger partial charge in [-0.05, 0) is 24.7 Å². The Morgan fingerprint density at radius 2 is 1.91 bits per heavy atom. The van der Waals surface area contributed by atoms with Crippen molar-refractivity contribution >= 4 is 15.9 Å². The minimum absolute atomic E-state index is 0.0942. The molecule has 0 aromatic carbocycles. The second-order valence-corrected chi connectivity index (χ2v) is 9.15. The number of ether oxygens (including phenoxy) is 1. The second-order valence-electron chi connectivity index (χ2n) is 7.17. The van der Waals surface area contributed by atoms with E-state index in [2.05, 4.69) is 4.90 Å². The Hall–Kier alpha value is -0.700. The second kappa shape index (κ2) is 7.04. The Balaban J connectivity index is 2.03. The van der Waals surface area contributed by atoms with Crippen LogP contribution in [0.4, 0.5) is 0 Å². The monoisotopic (exact) mass is 347 g/mol. The molecule has 7 nitrogen and oxygen atoms in total. The van der Waals surface area contributed by atoms with Crippen LogP contribution in [0.3, 0.4) is 0 Å². The molecule has 0 saturated carbocycles. The molecule has 1 spiro atoms. The summed E-state index contributed by atoms with van der Waals surface area (Å²) in [6.07, 6.45) is 3.95. The largest absolute Gasteiger partial charge is 0.383 e. The van der Waals surface area contributed by atoms with E-state index in [4.69, 9.17) is 4.74 Å². The van der Waals surface area contributed by atoms with Crippen LogP contribution in [-0.2, 0) is 19.6 Å². The maximum atomic E-state index is 12.1. The standard InChI is InChI=1S/C15H29N3O4S/c1-16(2)14(19)10-17-12-15(9-13(17)11-22-3)5-7-18(8-6-15)23(4,20)21/h13H,5-12H2,1-4H3. The Morgan fingerprint density at radius 3 is 2.39 bits per heavy atom. The van der Waals surface area contributed by atoms with Crippen LogP contribution < -0.4 is 0 Å². The lowest BCUT2D eigenvalue weighted by molar-refractivity contribution is -0.130. The summed E-state index contributed by atoms with van der Waals surface area (Å²) < 4.78 is 30.3. The highest BCUT2D eigenvalue weighted by Crippen LogP contribution is 2.43. The molecule has 134 valence electrons. The van der Waals surface area contributed by atoms with Crippen molar-refractivity contribution < 1.29 is 17.9 Å². The van der Waals surface area contributed by atoms with E-state index < -0.39 is 10.0 Å². The summed E-state index contributed by atoms with van der Waals surface area (Å²) in [6.45, 7) is 3.01. The van der Waals surface area contributed by atoms with E-state index in [0.29, 0.717) is 26.2 Å². The molecule has 2 aliphatic rings. The summed E-state index contributed by atoms with van der Waals surface area (Å²) in [5.74, 6) is 0.0942. The molecule has 2 aliphatic heterocycles. The smallest absolute Gasteiger partial charge is 0.236 e. The average Bonchev–Trinajstić information content (AvgIpc) is 2.76. The zero-order chi connectivity index (χ0) is 17.3. The number of carbonyl (C=O) groups is 1. The van der Waals surface area contributed by atoms with Gasteiger partial charge < -0.3 is 9.64 Å². The molecule has 1 atom stereocenters. The van der Waals surface area contributed by atoms with Crippen LogP contribution in [0.1, 0.15) is 19.3 Å². The van der Waals surface area contributed by atoms with Gasteiger partial charge in [0, 0.05) is 46.9 Å². The van der Waals surface area contributed by atoms with Gasteiger partial charge in [-0.1, -0.05) is 0 Å². The SMILES string of the molecule is COCC1CC2(CCN(S(C)(=O)=O)CC2)CN1CC(=O)N(C)C. The van der Waals surface area contributed by atoms with E-state index in [9.17, 15) is 13.2 Å². The van der Waals surface area contributed by atoms with Gasteiger partial charge in [0.1, 0.15) is 0 Å². The van der Waals surface area contributed by atoms with Gasteiger partial charge in [0.15, 0.2) is 0 Å². The first kappa shape index (κ1) is 18.6. The number of methoxy groups -OCH3 is 1. The predicted molar refractivity (Wildman–Crippen MR) is 88.6 cm³/mol. The molecule has 23 heavy (non-hydrogen) atoms. The van der Waals surface area contributed by atoms with Crippen molar-refractivity contribution in [1.29, 1.82) is 0 Å². The van der Waals surface area contributed by atoms with E-state index in [1.54, 1.807) is 30.4 Å². The number of nitrogens with zero attached hydrogens (tertiary/aromatic N) is 3. The maximum Gasteiger partial charge on any atom is 0.236 e. The first-order valence-corrected chi connectivity index (χ1v) is 9.90. The first-order chi connectivity index (χ1) is 10.7. The summed E-state index contributed by atoms with van der Waals surface area (Å²) in [7, 11) is 2.11. The van der Waals surface area contributed by atoms with Gasteiger partial charge in [-0.25, -0.2) is 12.7 Å². The van der Waals surface area contributed by atoms with Crippen LogP contribution in [0.15, 0.2) is 0 Å². The lowest BCUT2D eigenvalue weighted by Gasteiger charge is -2.38. The Morgan fingerprint density at radius 1 is 1.30 bits per heavy atom. The summed E-state index contributed by atoms with van der Waals surface area (Å²) in [6, 6.07) is 0.230. The van der Waals surface area contributed by atoms with E-state index in [-0.39, 0.29) is 17.4 Å².